The molecule has 10 aromatic rings. The number of rotatable bonds is 6. The van der Waals surface area contributed by atoms with Gasteiger partial charge >= 0.3 is 0 Å². The van der Waals surface area contributed by atoms with Gasteiger partial charge in [0, 0.05) is 37.2 Å². The average Bonchev–Trinajstić information content (AvgIpc) is 3.59. The van der Waals surface area contributed by atoms with Gasteiger partial charge in [-0.2, -0.15) is 0 Å². The van der Waals surface area contributed by atoms with E-state index >= 15 is 0 Å². The van der Waals surface area contributed by atoms with Crippen LogP contribution in [-0.2, 0) is 0 Å². The molecule has 0 aliphatic heterocycles. The van der Waals surface area contributed by atoms with Crippen LogP contribution < -0.4 is 4.90 Å². The normalized spacial score (nSPS) is 11.5. The third-order valence-corrected chi connectivity index (χ3v) is 11.3. The molecule has 52 heavy (non-hydrogen) atoms. The van der Waals surface area contributed by atoms with E-state index in [0.717, 1.165) is 17.1 Å². The molecule has 0 radical (unpaired) electrons. The van der Waals surface area contributed by atoms with Gasteiger partial charge < -0.3 is 4.90 Å². The molecule has 1 heterocycles. The minimum absolute atomic E-state index is 1.12. The summed E-state index contributed by atoms with van der Waals surface area (Å²) < 4.78 is 2.65. The van der Waals surface area contributed by atoms with Crippen LogP contribution in [0.25, 0.3) is 75.1 Å². The van der Waals surface area contributed by atoms with Crippen molar-refractivity contribution in [3.63, 3.8) is 0 Å². The van der Waals surface area contributed by atoms with Crippen molar-refractivity contribution in [2.24, 2.45) is 0 Å². The second kappa shape index (κ2) is 12.7. The summed E-state index contributed by atoms with van der Waals surface area (Å²) in [6.07, 6.45) is 0. The lowest BCUT2D eigenvalue weighted by Gasteiger charge is -2.26. The number of thiophene rings is 1. The largest absolute Gasteiger partial charge is 0.310 e. The maximum absolute atomic E-state index is 2.37. The average molecular weight is 680 g/mol. The number of benzene rings is 9. The summed E-state index contributed by atoms with van der Waals surface area (Å²) in [6, 6.07) is 73.0. The Bertz CT molecular complexity index is 2910. The Labute approximate surface area is 307 Å². The van der Waals surface area contributed by atoms with Crippen molar-refractivity contribution in [1.82, 2.24) is 0 Å². The van der Waals surface area contributed by atoms with Crippen LogP contribution in [-0.4, -0.2) is 0 Å². The Balaban J connectivity index is 1.03. The van der Waals surface area contributed by atoms with Gasteiger partial charge in [-0.1, -0.05) is 127 Å². The number of fused-ring (bicyclic) bond motifs is 5. The van der Waals surface area contributed by atoms with Crippen LogP contribution in [0.1, 0.15) is 0 Å². The minimum Gasteiger partial charge on any atom is -0.310 e. The zero-order chi connectivity index (χ0) is 34.4. The van der Waals surface area contributed by atoms with Crippen molar-refractivity contribution in [3.05, 3.63) is 200 Å². The van der Waals surface area contributed by atoms with Crippen LogP contribution in [0.3, 0.4) is 0 Å². The second-order valence-electron chi connectivity index (χ2n) is 13.4. The highest BCUT2D eigenvalue weighted by Gasteiger charge is 2.15. The summed E-state index contributed by atoms with van der Waals surface area (Å²) in [5, 5.41) is 7.56. The molecule has 0 saturated carbocycles. The Morgan fingerprint density at radius 3 is 1.58 bits per heavy atom. The first-order chi connectivity index (χ1) is 25.7. The van der Waals surface area contributed by atoms with E-state index in [2.05, 4.69) is 205 Å². The molecule has 0 fully saturated rings. The van der Waals surface area contributed by atoms with Crippen molar-refractivity contribution in [2.45, 2.75) is 0 Å². The predicted molar refractivity (Wildman–Crippen MR) is 225 cm³/mol. The van der Waals surface area contributed by atoms with E-state index < -0.39 is 0 Å². The van der Waals surface area contributed by atoms with Gasteiger partial charge in [0.15, 0.2) is 0 Å². The zero-order valence-corrected chi connectivity index (χ0v) is 29.2. The fourth-order valence-electron chi connectivity index (χ4n) is 7.54. The number of para-hydroxylation sites is 1. The molecule has 0 N–H and O–H groups in total. The van der Waals surface area contributed by atoms with E-state index in [1.54, 1.807) is 0 Å². The molecule has 0 unspecified atom stereocenters. The van der Waals surface area contributed by atoms with Gasteiger partial charge in [-0.25, -0.2) is 0 Å². The highest BCUT2D eigenvalue weighted by Crippen LogP contribution is 2.40. The van der Waals surface area contributed by atoms with Gasteiger partial charge in [0.25, 0.3) is 0 Å². The van der Waals surface area contributed by atoms with Crippen LogP contribution in [0.5, 0.6) is 0 Å². The lowest BCUT2D eigenvalue weighted by Crippen LogP contribution is -2.09. The number of hydrogen-bond donors (Lipinski definition) is 0. The first-order valence-corrected chi connectivity index (χ1v) is 18.6. The molecule has 10 rings (SSSR count). The maximum Gasteiger partial charge on any atom is 0.0468 e. The van der Waals surface area contributed by atoms with Crippen LogP contribution in [0.2, 0.25) is 0 Å². The molecule has 244 valence electrons. The van der Waals surface area contributed by atoms with Crippen molar-refractivity contribution >= 4 is 70.1 Å². The molecule has 0 bridgehead atoms. The monoisotopic (exact) mass is 679 g/mol. The van der Waals surface area contributed by atoms with Crippen molar-refractivity contribution < 1.29 is 0 Å². The highest BCUT2D eigenvalue weighted by atomic mass is 32.1. The molecule has 0 spiro atoms. The first-order valence-electron chi connectivity index (χ1n) is 17.7. The van der Waals surface area contributed by atoms with Crippen LogP contribution in [0.4, 0.5) is 17.1 Å². The quantitative estimate of drug-likeness (QED) is 0.169. The van der Waals surface area contributed by atoms with Gasteiger partial charge in [0.1, 0.15) is 0 Å². The van der Waals surface area contributed by atoms with E-state index in [4.69, 9.17) is 0 Å². The number of anilines is 3. The van der Waals surface area contributed by atoms with Crippen molar-refractivity contribution in [1.29, 1.82) is 0 Å². The maximum atomic E-state index is 2.37. The highest BCUT2D eigenvalue weighted by molar-refractivity contribution is 7.25. The molecule has 0 saturated heterocycles. The summed E-state index contributed by atoms with van der Waals surface area (Å²) in [5.41, 5.74) is 10.7. The van der Waals surface area contributed by atoms with Gasteiger partial charge in [-0.05, 0) is 128 Å². The molecule has 0 aliphatic rings. The van der Waals surface area contributed by atoms with E-state index in [1.165, 1.54) is 75.1 Å². The van der Waals surface area contributed by atoms with Crippen LogP contribution in [0, 0.1) is 0 Å². The third kappa shape index (κ3) is 5.51. The lowest BCUT2D eigenvalue weighted by molar-refractivity contribution is 1.29. The molecule has 0 atom stereocenters. The molecule has 1 aromatic heterocycles. The van der Waals surface area contributed by atoms with Crippen molar-refractivity contribution in [3.8, 4) is 33.4 Å². The molecular formula is C50H33NS. The first kappa shape index (κ1) is 30.4. The fourth-order valence-corrected chi connectivity index (χ4v) is 8.63. The Morgan fingerprint density at radius 1 is 0.269 bits per heavy atom. The van der Waals surface area contributed by atoms with Crippen LogP contribution in [0.15, 0.2) is 200 Å². The van der Waals surface area contributed by atoms with Gasteiger partial charge in [0.05, 0.1) is 0 Å². The molecule has 0 amide bonds. The van der Waals surface area contributed by atoms with Crippen LogP contribution >= 0.6 is 11.3 Å². The van der Waals surface area contributed by atoms with Gasteiger partial charge in [-0.15, -0.1) is 11.3 Å². The molecule has 1 nitrogen and oxygen atoms in total. The van der Waals surface area contributed by atoms with Gasteiger partial charge in [0.2, 0.25) is 0 Å². The SMILES string of the molecule is c1ccc(-c2ccc3cc(-c4ccc5ccc(N(c6ccccc6)c6cccc(-c7ccc8sc9ccccc9c8c7)c6)cc5c4)ccc3c2)cc1. The summed E-state index contributed by atoms with van der Waals surface area (Å²) in [6.45, 7) is 0. The minimum atomic E-state index is 1.12. The Kier molecular flexibility index (Phi) is 7.41. The van der Waals surface area contributed by atoms with E-state index in [0.29, 0.717) is 0 Å². The number of nitrogens with zero attached hydrogens (tertiary/aromatic N) is 1. The Morgan fingerprint density at radius 2 is 0.788 bits per heavy atom. The Hall–Kier alpha value is -6.48. The summed E-state index contributed by atoms with van der Waals surface area (Å²) >= 11 is 1.86. The summed E-state index contributed by atoms with van der Waals surface area (Å²) in [5.74, 6) is 0. The van der Waals surface area contributed by atoms with E-state index in [-0.39, 0.29) is 0 Å². The second-order valence-corrected chi connectivity index (χ2v) is 14.5. The van der Waals surface area contributed by atoms with E-state index in [9.17, 15) is 0 Å². The predicted octanol–water partition coefficient (Wildman–Crippen LogP) is 14.8. The molecular weight excluding hydrogens is 647 g/mol. The van der Waals surface area contributed by atoms with Crippen molar-refractivity contribution in [2.75, 3.05) is 4.90 Å². The summed E-state index contributed by atoms with van der Waals surface area (Å²) in [4.78, 5) is 2.37. The molecule has 0 aliphatic carbocycles. The fraction of sp³-hybridized carbons (Fsp3) is 0. The zero-order valence-electron chi connectivity index (χ0n) is 28.4. The lowest BCUT2D eigenvalue weighted by atomic mass is 9.96. The summed E-state index contributed by atoms with van der Waals surface area (Å²) in [7, 11) is 0. The smallest absolute Gasteiger partial charge is 0.0468 e. The topological polar surface area (TPSA) is 3.24 Å². The molecule has 9 aromatic carbocycles. The molecule has 2 heteroatoms. The van der Waals surface area contributed by atoms with E-state index in [1.807, 2.05) is 11.3 Å². The number of hydrogen-bond acceptors (Lipinski definition) is 2. The third-order valence-electron chi connectivity index (χ3n) is 10.2. The van der Waals surface area contributed by atoms with Gasteiger partial charge in [-0.3, -0.25) is 0 Å². The standard InChI is InChI=1S/C50H33NS/c1-3-10-34(11-4-1)37-20-21-39-29-40(23-22-38(39)28-37)41-19-18-35-24-26-46(32-43(35)30-41)51(44-13-5-2-6-14-44)45-15-9-12-36(31-45)42-25-27-50-48(33-42)47-16-7-8-17-49(47)52-50/h1-33H.